The minimum absolute atomic E-state index is 0.663. The number of pyridine rings is 1. The van der Waals surface area contributed by atoms with Crippen molar-refractivity contribution in [1.82, 2.24) is 10.3 Å². The zero-order valence-corrected chi connectivity index (χ0v) is 17.7. The lowest BCUT2D eigenvalue weighted by atomic mass is 9.81. The van der Waals surface area contributed by atoms with Gasteiger partial charge in [-0.2, -0.15) is 0 Å². The van der Waals surface area contributed by atoms with E-state index in [-0.39, 0.29) is 0 Å². The summed E-state index contributed by atoms with van der Waals surface area (Å²) in [6.07, 6.45) is 18.5. The van der Waals surface area contributed by atoms with Crippen molar-refractivity contribution in [2.75, 3.05) is 0 Å². The summed E-state index contributed by atoms with van der Waals surface area (Å²) in [6, 6.07) is 14.4. The van der Waals surface area contributed by atoms with Crippen LogP contribution < -0.4 is 5.32 Å². The Bertz CT molecular complexity index is 642. The highest BCUT2D eigenvalue weighted by Gasteiger charge is 2.21. The summed E-state index contributed by atoms with van der Waals surface area (Å²) in [7, 11) is 0. The number of aromatic nitrogens is 1. The molecule has 0 aliphatic heterocycles. The second-order valence-corrected chi connectivity index (χ2v) is 8.54. The highest BCUT2D eigenvalue weighted by atomic mass is 14.9. The average molecular weight is 379 g/mol. The second-order valence-electron chi connectivity index (χ2n) is 8.54. The van der Waals surface area contributed by atoms with Gasteiger partial charge in [0.1, 0.15) is 0 Å². The summed E-state index contributed by atoms with van der Waals surface area (Å²) in [4.78, 5) is 4.09. The van der Waals surface area contributed by atoms with E-state index in [9.17, 15) is 0 Å². The van der Waals surface area contributed by atoms with Crippen molar-refractivity contribution >= 4 is 0 Å². The van der Waals surface area contributed by atoms with E-state index in [2.05, 4.69) is 53.6 Å². The van der Waals surface area contributed by atoms with Crippen LogP contribution in [-0.4, -0.2) is 11.0 Å². The first-order chi connectivity index (χ1) is 13.8. The Hall–Kier alpha value is -1.67. The van der Waals surface area contributed by atoms with Crippen LogP contribution in [0.1, 0.15) is 93.7 Å². The molecule has 3 rings (SSSR count). The Morgan fingerprint density at radius 3 is 2.18 bits per heavy atom. The van der Waals surface area contributed by atoms with Crippen LogP contribution in [0.2, 0.25) is 0 Å². The summed E-state index contributed by atoms with van der Waals surface area (Å²) in [5, 5.41) is 3.73. The predicted molar refractivity (Wildman–Crippen MR) is 120 cm³/mol. The van der Waals surface area contributed by atoms with E-state index in [1.54, 1.807) is 5.56 Å². The Labute approximate surface area is 172 Å². The van der Waals surface area contributed by atoms with Crippen molar-refractivity contribution in [3.8, 4) is 0 Å². The topological polar surface area (TPSA) is 24.9 Å². The van der Waals surface area contributed by atoms with Gasteiger partial charge in [0.05, 0.1) is 0 Å². The molecular formula is C26H38N2. The fourth-order valence-corrected chi connectivity index (χ4v) is 4.46. The number of unbranched alkanes of at least 4 members (excludes halogenated alkanes) is 5. The van der Waals surface area contributed by atoms with Gasteiger partial charge in [0.2, 0.25) is 0 Å². The van der Waals surface area contributed by atoms with Crippen LogP contribution in [0, 0.1) is 0 Å². The molecule has 1 aliphatic rings. The Balaban J connectivity index is 1.35. The third-order valence-electron chi connectivity index (χ3n) is 6.34. The molecule has 152 valence electrons. The molecule has 0 amide bonds. The number of benzene rings is 1. The second kappa shape index (κ2) is 12.0. The van der Waals surface area contributed by atoms with Gasteiger partial charge in [-0.1, -0.05) is 63.3 Å². The van der Waals surface area contributed by atoms with Crippen LogP contribution in [0.4, 0.5) is 0 Å². The molecule has 1 aromatic carbocycles. The lowest BCUT2D eigenvalue weighted by molar-refractivity contribution is 0.341. The minimum Gasteiger partial charge on any atom is -0.310 e. The number of rotatable bonds is 11. The van der Waals surface area contributed by atoms with Gasteiger partial charge in [-0.05, 0) is 73.3 Å². The van der Waals surface area contributed by atoms with E-state index in [0.29, 0.717) is 6.04 Å². The normalized spacial score (nSPS) is 19.6. The van der Waals surface area contributed by atoms with Crippen molar-refractivity contribution in [1.29, 1.82) is 0 Å². The van der Waals surface area contributed by atoms with E-state index in [1.165, 1.54) is 81.8 Å². The molecule has 1 N–H and O–H groups in total. The van der Waals surface area contributed by atoms with Crippen LogP contribution in [0.3, 0.4) is 0 Å². The molecule has 1 fully saturated rings. The van der Waals surface area contributed by atoms with E-state index in [1.807, 2.05) is 12.4 Å². The number of hydrogen-bond donors (Lipinski definition) is 1. The number of nitrogens with one attached hydrogen (secondary N) is 1. The smallest absolute Gasteiger partial charge is 0.0271 e. The predicted octanol–water partition coefficient (Wildman–Crippen LogP) is 6.80. The first-order valence-electron chi connectivity index (χ1n) is 11.6. The molecule has 0 atom stereocenters. The van der Waals surface area contributed by atoms with Crippen LogP contribution in [0.5, 0.6) is 0 Å². The average Bonchev–Trinajstić information content (AvgIpc) is 2.76. The van der Waals surface area contributed by atoms with Gasteiger partial charge in [-0.15, -0.1) is 0 Å². The quantitative estimate of drug-likeness (QED) is 0.435. The fraction of sp³-hybridized carbons (Fsp3) is 0.577. The van der Waals surface area contributed by atoms with E-state index in [0.717, 1.165) is 12.5 Å². The van der Waals surface area contributed by atoms with Gasteiger partial charge >= 0.3 is 0 Å². The van der Waals surface area contributed by atoms with Crippen LogP contribution in [-0.2, 0) is 13.0 Å². The lowest BCUT2D eigenvalue weighted by Crippen LogP contribution is -2.32. The Morgan fingerprint density at radius 1 is 0.786 bits per heavy atom. The molecule has 1 aliphatic carbocycles. The van der Waals surface area contributed by atoms with E-state index < -0.39 is 0 Å². The maximum absolute atomic E-state index is 4.09. The summed E-state index contributed by atoms with van der Waals surface area (Å²) in [5.74, 6) is 0.752. The van der Waals surface area contributed by atoms with Crippen LogP contribution in [0.25, 0.3) is 0 Å². The minimum atomic E-state index is 0.663. The molecular weight excluding hydrogens is 340 g/mol. The van der Waals surface area contributed by atoms with Crippen LogP contribution in [0.15, 0.2) is 48.8 Å². The third-order valence-corrected chi connectivity index (χ3v) is 6.34. The Kier molecular flexibility index (Phi) is 9.03. The number of aryl methyl sites for hydroxylation is 1. The molecule has 0 unspecified atom stereocenters. The van der Waals surface area contributed by atoms with E-state index in [4.69, 9.17) is 0 Å². The van der Waals surface area contributed by atoms with Crippen LogP contribution >= 0.6 is 0 Å². The SMILES string of the molecule is CCCCCCCCc1ccc(C2CCC(NCc3ccncc3)CC2)cc1. The molecule has 0 radical (unpaired) electrons. The molecule has 1 saturated carbocycles. The number of hydrogen-bond acceptors (Lipinski definition) is 2. The first kappa shape index (κ1) is 21.0. The first-order valence-corrected chi connectivity index (χ1v) is 11.6. The van der Waals surface area contributed by atoms with E-state index >= 15 is 0 Å². The third kappa shape index (κ3) is 7.05. The molecule has 0 bridgehead atoms. The summed E-state index contributed by atoms with van der Waals surface area (Å²) in [6.45, 7) is 3.25. The highest BCUT2D eigenvalue weighted by Crippen LogP contribution is 2.33. The van der Waals surface area contributed by atoms with Crippen molar-refractivity contribution < 1.29 is 0 Å². The fourth-order valence-electron chi connectivity index (χ4n) is 4.46. The summed E-state index contributed by atoms with van der Waals surface area (Å²) < 4.78 is 0. The van der Waals surface area contributed by atoms with Crippen molar-refractivity contribution in [2.24, 2.45) is 0 Å². The molecule has 0 spiro atoms. The van der Waals surface area contributed by atoms with Crippen molar-refractivity contribution in [3.05, 3.63) is 65.5 Å². The molecule has 2 heteroatoms. The molecule has 0 saturated heterocycles. The van der Waals surface area contributed by atoms with Gasteiger partial charge in [-0.3, -0.25) is 4.98 Å². The summed E-state index contributed by atoms with van der Waals surface area (Å²) >= 11 is 0. The van der Waals surface area contributed by atoms with Crippen molar-refractivity contribution in [2.45, 2.75) is 96.1 Å². The van der Waals surface area contributed by atoms with Gasteiger partial charge in [0.15, 0.2) is 0 Å². The lowest BCUT2D eigenvalue weighted by Gasteiger charge is -2.29. The summed E-state index contributed by atoms with van der Waals surface area (Å²) in [5.41, 5.74) is 4.41. The molecule has 2 nitrogen and oxygen atoms in total. The zero-order valence-electron chi connectivity index (χ0n) is 17.7. The number of nitrogens with zero attached hydrogens (tertiary/aromatic N) is 1. The molecule has 1 heterocycles. The maximum atomic E-state index is 4.09. The molecule has 1 aromatic heterocycles. The van der Waals surface area contributed by atoms with Gasteiger partial charge in [0, 0.05) is 25.0 Å². The van der Waals surface area contributed by atoms with Gasteiger partial charge < -0.3 is 5.32 Å². The largest absolute Gasteiger partial charge is 0.310 e. The maximum Gasteiger partial charge on any atom is 0.0271 e. The van der Waals surface area contributed by atoms with Crippen molar-refractivity contribution in [3.63, 3.8) is 0 Å². The molecule has 2 aromatic rings. The standard InChI is InChI=1S/C26H38N2/c1-2-3-4-5-6-7-8-22-9-11-24(12-10-22)25-13-15-26(16-14-25)28-21-23-17-19-27-20-18-23/h9-12,17-20,25-26,28H,2-8,13-16,21H2,1H3. The monoisotopic (exact) mass is 378 g/mol. The highest BCUT2D eigenvalue weighted by molar-refractivity contribution is 5.26. The molecule has 28 heavy (non-hydrogen) atoms. The van der Waals surface area contributed by atoms with Gasteiger partial charge in [0.25, 0.3) is 0 Å². The zero-order chi connectivity index (χ0) is 19.4. The Morgan fingerprint density at radius 2 is 1.46 bits per heavy atom. The van der Waals surface area contributed by atoms with Gasteiger partial charge in [-0.25, -0.2) is 0 Å².